The lowest BCUT2D eigenvalue weighted by molar-refractivity contribution is -0.389. The summed E-state index contributed by atoms with van der Waals surface area (Å²) in [4.78, 5) is 14.2. The van der Waals surface area contributed by atoms with Gasteiger partial charge < -0.3 is 19.6 Å². The van der Waals surface area contributed by atoms with Crippen LogP contribution in [0.15, 0.2) is 36.7 Å². The molecule has 152 valence electrons. The summed E-state index contributed by atoms with van der Waals surface area (Å²) in [5.41, 5.74) is 1.35. The van der Waals surface area contributed by atoms with Crippen molar-refractivity contribution in [2.24, 2.45) is 0 Å². The van der Waals surface area contributed by atoms with Gasteiger partial charge in [-0.2, -0.15) is 0 Å². The second kappa shape index (κ2) is 7.19. The van der Waals surface area contributed by atoms with Gasteiger partial charge in [-0.3, -0.25) is 4.57 Å². The van der Waals surface area contributed by atoms with Crippen molar-refractivity contribution >= 4 is 5.82 Å². The first-order chi connectivity index (χ1) is 13.8. The van der Waals surface area contributed by atoms with E-state index in [-0.39, 0.29) is 11.8 Å². The van der Waals surface area contributed by atoms with Crippen LogP contribution in [0, 0.1) is 10.1 Å². The van der Waals surface area contributed by atoms with Gasteiger partial charge in [0, 0.05) is 4.98 Å². The number of hydrogen-bond donors (Lipinski definition) is 0. The van der Waals surface area contributed by atoms with E-state index in [1.807, 2.05) is 19.1 Å². The molecular weight excluding hydrogens is 376 g/mol. The van der Waals surface area contributed by atoms with Crippen molar-refractivity contribution in [3.8, 4) is 11.8 Å². The number of nitro groups is 1. The summed E-state index contributed by atoms with van der Waals surface area (Å²) in [7, 11) is 0. The topological polar surface area (TPSA) is 110 Å². The van der Waals surface area contributed by atoms with Gasteiger partial charge in [-0.05, 0) is 35.5 Å². The molecule has 2 aromatic heterocycles. The molecule has 1 aliphatic heterocycles. The van der Waals surface area contributed by atoms with Crippen LogP contribution in [0.1, 0.15) is 37.9 Å². The quantitative estimate of drug-likeness (QED) is 0.444. The van der Waals surface area contributed by atoms with Gasteiger partial charge in [0.1, 0.15) is 29.8 Å². The molecule has 3 heterocycles. The van der Waals surface area contributed by atoms with E-state index in [0.717, 1.165) is 5.75 Å². The molecule has 1 aromatic carbocycles. The van der Waals surface area contributed by atoms with Gasteiger partial charge in [-0.25, -0.2) is 4.68 Å². The van der Waals surface area contributed by atoms with Crippen LogP contribution in [0.25, 0.3) is 0 Å². The molecule has 10 nitrogen and oxygen atoms in total. The van der Waals surface area contributed by atoms with Crippen molar-refractivity contribution in [1.29, 1.82) is 0 Å². The molecule has 1 atom stereocenters. The summed E-state index contributed by atoms with van der Waals surface area (Å²) in [6.45, 7) is 7.39. The summed E-state index contributed by atoms with van der Waals surface area (Å²) in [5.74, 6) is 1.04. The lowest BCUT2D eigenvalue weighted by Gasteiger charge is -2.21. The van der Waals surface area contributed by atoms with Gasteiger partial charge in [0.15, 0.2) is 0 Å². The highest BCUT2D eigenvalue weighted by Gasteiger charge is 2.41. The molecule has 1 unspecified atom stereocenters. The van der Waals surface area contributed by atoms with Gasteiger partial charge >= 0.3 is 11.8 Å². The first-order valence-electron chi connectivity index (χ1n) is 9.34. The Balaban J connectivity index is 1.34. The van der Waals surface area contributed by atoms with E-state index in [0.29, 0.717) is 31.3 Å². The molecule has 0 amide bonds. The van der Waals surface area contributed by atoms with E-state index in [1.54, 1.807) is 15.4 Å². The summed E-state index contributed by atoms with van der Waals surface area (Å²) in [5, 5.41) is 19.1. The van der Waals surface area contributed by atoms with Crippen molar-refractivity contribution in [3.63, 3.8) is 0 Å². The van der Waals surface area contributed by atoms with Crippen molar-refractivity contribution in [3.05, 3.63) is 58.0 Å². The number of rotatable bonds is 7. The molecule has 0 bridgehead atoms. The monoisotopic (exact) mass is 398 g/mol. The number of hydrogen-bond acceptors (Lipinski definition) is 7. The molecule has 0 fully saturated rings. The van der Waals surface area contributed by atoms with Crippen LogP contribution < -0.4 is 9.47 Å². The fraction of sp³-hybridized carbons (Fsp3) is 0.421. The Kier molecular flexibility index (Phi) is 4.69. The second-order valence-corrected chi connectivity index (χ2v) is 7.74. The average Bonchev–Trinajstić information content (AvgIpc) is 3.34. The number of nitrogens with zero attached hydrogens (tertiary/aromatic N) is 6. The van der Waals surface area contributed by atoms with Gasteiger partial charge in [0.05, 0.1) is 19.3 Å². The Labute approximate surface area is 167 Å². The van der Waals surface area contributed by atoms with Crippen LogP contribution in [0.2, 0.25) is 0 Å². The first kappa shape index (κ1) is 18.9. The molecule has 0 spiro atoms. The van der Waals surface area contributed by atoms with Crippen LogP contribution in [-0.2, 0) is 19.7 Å². The molecular formula is C19H22N6O4. The average molecular weight is 398 g/mol. The maximum atomic E-state index is 10.8. The van der Waals surface area contributed by atoms with Crippen molar-refractivity contribution < 1.29 is 14.4 Å². The molecule has 10 heteroatoms. The van der Waals surface area contributed by atoms with E-state index in [2.05, 4.69) is 41.3 Å². The van der Waals surface area contributed by atoms with E-state index in [4.69, 9.17) is 9.47 Å². The van der Waals surface area contributed by atoms with E-state index in [1.165, 1.54) is 11.8 Å². The van der Waals surface area contributed by atoms with Crippen LogP contribution in [-0.4, -0.2) is 35.1 Å². The summed E-state index contributed by atoms with van der Waals surface area (Å²) < 4.78 is 14.9. The Bertz CT molecular complexity index is 1000. The van der Waals surface area contributed by atoms with Crippen molar-refractivity contribution in [2.45, 2.75) is 52.0 Å². The second-order valence-electron chi connectivity index (χ2n) is 7.74. The maximum absolute atomic E-state index is 10.8. The van der Waals surface area contributed by atoms with E-state index >= 15 is 0 Å². The lowest BCUT2D eigenvalue weighted by Crippen LogP contribution is -2.36. The minimum atomic E-state index is -0.615. The molecule has 0 saturated heterocycles. The fourth-order valence-electron chi connectivity index (χ4n) is 3.29. The zero-order chi connectivity index (χ0) is 20.6. The van der Waals surface area contributed by atoms with Crippen LogP contribution >= 0.6 is 0 Å². The highest BCUT2D eigenvalue weighted by molar-refractivity contribution is 5.29. The molecule has 1 aliphatic rings. The van der Waals surface area contributed by atoms with Gasteiger partial charge in [0.2, 0.25) is 0 Å². The summed E-state index contributed by atoms with van der Waals surface area (Å²) in [6, 6.07) is 8.26. The Morgan fingerprint density at radius 3 is 2.72 bits per heavy atom. The summed E-state index contributed by atoms with van der Waals surface area (Å²) in [6.07, 6.45) is 3.19. The molecule has 0 saturated carbocycles. The number of imidazole rings is 1. The van der Waals surface area contributed by atoms with Crippen LogP contribution in [0.5, 0.6) is 11.8 Å². The SMILES string of the molecule is CC(C)c1ccc(OCc2cn(CC3(C)Cn4cc([N+](=O)[O-])nc4O3)nn2)cc1. The zero-order valence-corrected chi connectivity index (χ0v) is 16.5. The Morgan fingerprint density at radius 1 is 1.31 bits per heavy atom. The fourth-order valence-corrected chi connectivity index (χ4v) is 3.29. The molecule has 0 radical (unpaired) electrons. The van der Waals surface area contributed by atoms with E-state index in [9.17, 15) is 10.1 Å². The molecule has 4 rings (SSSR count). The Morgan fingerprint density at radius 2 is 2.07 bits per heavy atom. The minimum Gasteiger partial charge on any atom is -0.487 e. The normalized spacial score (nSPS) is 17.9. The predicted octanol–water partition coefficient (Wildman–Crippen LogP) is 2.94. The highest BCUT2D eigenvalue weighted by atomic mass is 16.6. The Hall–Kier alpha value is -3.43. The summed E-state index contributed by atoms with van der Waals surface area (Å²) >= 11 is 0. The zero-order valence-electron chi connectivity index (χ0n) is 16.5. The van der Waals surface area contributed by atoms with Gasteiger partial charge in [-0.15, -0.1) is 5.10 Å². The third kappa shape index (κ3) is 4.05. The van der Waals surface area contributed by atoms with E-state index < -0.39 is 10.5 Å². The molecule has 3 aromatic rings. The molecule has 29 heavy (non-hydrogen) atoms. The number of aromatic nitrogens is 5. The standard InChI is InChI=1S/C19H22N6O4/c1-13(2)14-4-6-16(7-5-14)28-10-15-8-24(22-21-15)12-19(3)11-23-9-17(25(26)27)20-18(23)29-19/h4-9,13H,10-12H2,1-3H3. The number of benzene rings is 1. The largest absolute Gasteiger partial charge is 0.487 e. The van der Waals surface area contributed by atoms with Gasteiger partial charge in [0.25, 0.3) is 0 Å². The third-order valence-electron chi connectivity index (χ3n) is 4.77. The molecule has 0 aliphatic carbocycles. The third-order valence-corrected chi connectivity index (χ3v) is 4.77. The van der Waals surface area contributed by atoms with Crippen LogP contribution in [0.4, 0.5) is 5.82 Å². The predicted molar refractivity (Wildman–Crippen MR) is 103 cm³/mol. The van der Waals surface area contributed by atoms with Gasteiger partial charge in [-0.1, -0.05) is 31.2 Å². The number of fused-ring (bicyclic) bond motifs is 1. The first-order valence-corrected chi connectivity index (χ1v) is 9.34. The molecule has 0 N–H and O–H groups in total. The minimum absolute atomic E-state index is 0.219. The van der Waals surface area contributed by atoms with Crippen molar-refractivity contribution in [2.75, 3.05) is 0 Å². The smallest absolute Gasteiger partial charge is 0.415 e. The highest BCUT2D eigenvalue weighted by Crippen LogP contribution is 2.31. The lowest BCUT2D eigenvalue weighted by atomic mass is 10.0. The van der Waals surface area contributed by atoms with Crippen LogP contribution in [0.3, 0.4) is 0 Å². The maximum Gasteiger partial charge on any atom is 0.415 e. The number of ether oxygens (including phenoxy) is 2. The van der Waals surface area contributed by atoms with Crippen molar-refractivity contribution in [1.82, 2.24) is 24.5 Å².